The molecule has 0 aromatic heterocycles. The van der Waals surface area contributed by atoms with Crippen LogP contribution in [0.15, 0.2) is 67.8 Å². The van der Waals surface area contributed by atoms with Crippen molar-refractivity contribution < 1.29 is 18.3 Å². The van der Waals surface area contributed by atoms with Gasteiger partial charge in [0.2, 0.25) is 0 Å². The molecule has 0 aliphatic heterocycles. The molecule has 0 radical (unpaired) electrons. The van der Waals surface area contributed by atoms with Gasteiger partial charge in [0.05, 0.1) is 27.4 Å². The number of rotatable bonds is 11. The second kappa shape index (κ2) is 18.1. The molecule has 2 rings (SSSR count). The lowest BCUT2D eigenvalue weighted by molar-refractivity contribution is 0.274. The van der Waals surface area contributed by atoms with Crippen molar-refractivity contribution in [2.75, 3.05) is 19.5 Å². The van der Waals surface area contributed by atoms with Crippen molar-refractivity contribution in [3.05, 3.63) is 84.5 Å². The van der Waals surface area contributed by atoms with E-state index in [1.807, 2.05) is 36.4 Å². The molecule has 232 valence electrons. The van der Waals surface area contributed by atoms with E-state index in [1.165, 1.54) is 16.7 Å². The molecule has 0 N–H and O–H groups in total. The standard InChI is InChI=1S/C17H28O2Si.C14H24O2Si.C3H5Br/c1-8-10-15-14(11-9-12-16(15)18-5)13-19-20(6,7)17(2,3)4;1-14(2,3)17(5,6)16-11-12-8-7-9-13(10-12)15-4;1-2-3-4/h8-9,11-12H,1,10,13H2,2-7H3;7-10H,11H2,1-6H3;2H,1,3H2. The number of methoxy groups -OCH3 is 2. The van der Waals surface area contributed by atoms with Crippen LogP contribution in [0, 0.1) is 0 Å². The van der Waals surface area contributed by atoms with Gasteiger partial charge >= 0.3 is 0 Å². The molecule has 0 saturated carbocycles. The highest BCUT2D eigenvalue weighted by Gasteiger charge is 2.38. The molecule has 0 saturated heterocycles. The Labute approximate surface area is 262 Å². The van der Waals surface area contributed by atoms with Crippen molar-refractivity contribution in [2.24, 2.45) is 0 Å². The third kappa shape index (κ3) is 13.9. The summed E-state index contributed by atoms with van der Waals surface area (Å²) in [7, 11) is 0.0132. The second-order valence-electron chi connectivity index (χ2n) is 13.0. The van der Waals surface area contributed by atoms with Gasteiger partial charge in [-0.3, -0.25) is 0 Å². The summed E-state index contributed by atoms with van der Waals surface area (Å²) >= 11 is 3.13. The Balaban J connectivity index is 0.000000697. The smallest absolute Gasteiger partial charge is 0.192 e. The van der Waals surface area contributed by atoms with E-state index in [4.69, 9.17) is 18.3 Å². The molecule has 0 unspecified atom stereocenters. The van der Waals surface area contributed by atoms with E-state index in [0.29, 0.717) is 13.2 Å². The fourth-order valence-corrected chi connectivity index (χ4v) is 4.94. The van der Waals surface area contributed by atoms with Crippen molar-refractivity contribution in [2.45, 2.75) is 97.4 Å². The predicted octanol–water partition coefficient (Wildman–Crippen LogP) is 10.7. The molecule has 4 nitrogen and oxygen atoms in total. The van der Waals surface area contributed by atoms with Crippen LogP contribution in [0.3, 0.4) is 0 Å². The lowest BCUT2D eigenvalue weighted by Crippen LogP contribution is -2.40. The van der Waals surface area contributed by atoms with Crippen LogP contribution in [0.4, 0.5) is 0 Å². The van der Waals surface area contributed by atoms with Gasteiger partial charge in [0.1, 0.15) is 11.5 Å². The summed E-state index contributed by atoms with van der Waals surface area (Å²) in [6.45, 7) is 31.2. The van der Waals surface area contributed by atoms with Gasteiger partial charge < -0.3 is 18.3 Å². The molecule has 41 heavy (non-hydrogen) atoms. The van der Waals surface area contributed by atoms with Crippen LogP contribution in [0.1, 0.15) is 58.2 Å². The van der Waals surface area contributed by atoms with Crippen molar-refractivity contribution in [1.29, 1.82) is 0 Å². The molecule has 0 fully saturated rings. The third-order valence-electron chi connectivity index (χ3n) is 7.84. The third-order valence-corrected chi connectivity index (χ3v) is 17.3. The molecular weight excluding hydrogens is 608 g/mol. The summed E-state index contributed by atoms with van der Waals surface area (Å²) in [5.41, 5.74) is 3.56. The fourth-order valence-electron chi connectivity index (χ4n) is 3.03. The van der Waals surface area contributed by atoms with Gasteiger partial charge in [-0.25, -0.2) is 0 Å². The average Bonchev–Trinajstić information content (AvgIpc) is 2.91. The number of hydrogen-bond donors (Lipinski definition) is 0. The predicted molar refractivity (Wildman–Crippen MR) is 188 cm³/mol. The van der Waals surface area contributed by atoms with Crippen molar-refractivity contribution >= 4 is 32.6 Å². The molecule has 2 aromatic rings. The fraction of sp³-hybridized carbons (Fsp3) is 0.529. The Morgan fingerprint density at radius 3 is 1.71 bits per heavy atom. The summed E-state index contributed by atoms with van der Waals surface area (Å²) in [4.78, 5) is 0. The molecule has 0 atom stereocenters. The maximum absolute atomic E-state index is 6.32. The topological polar surface area (TPSA) is 36.9 Å². The SMILES string of the molecule is C=CCBr.C=CCc1c(CO[Si](C)(C)C(C)(C)C)cccc1OC.COc1cccc(CO[Si](C)(C)C(C)(C)C)c1. The summed E-state index contributed by atoms with van der Waals surface area (Å²) in [6.07, 6.45) is 4.51. The molecule has 0 amide bonds. The number of ether oxygens (including phenoxy) is 2. The maximum atomic E-state index is 6.32. The molecule has 0 heterocycles. The number of hydrogen-bond acceptors (Lipinski definition) is 4. The van der Waals surface area contributed by atoms with Crippen LogP contribution in [-0.2, 0) is 28.5 Å². The highest BCUT2D eigenvalue weighted by Crippen LogP contribution is 2.38. The van der Waals surface area contributed by atoms with Crippen LogP contribution < -0.4 is 9.47 Å². The van der Waals surface area contributed by atoms with Crippen molar-refractivity contribution in [1.82, 2.24) is 0 Å². The number of alkyl halides is 1. The Morgan fingerprint density at radius 2 is 1.27 bits per heavy atom. The molecule has 2 aromatic carbocycles. The average molecular weight is 666 g/mol. The lowest BCUT2D eigenvalue weighted by Gasteiger charge is -2.36. The number of allylic oxidation sites excluding steroid dienone is 2. The van der Waals surface area contributed by atoms with Crippen LogP contribution in [-0.4, -0.2) is 36.2 Å². The highest BCUT2D eigenvalue weighted by atomic mass is 79.9. The molecular formula is C34H57BrO4Si2. The number of benzene rings is 2. The zero-order valence-electron chi connectivity index (χ0n) is 27.9. The van der Waals surface area contributed by atoms with Gasteiger partial charge in [-0.1, -0.05) is 93.9 Å². The molecule has 0 spiro atoms. The van der Waals surface area contributed by atoms with Crippen molar-refractivity contribution in [3.63, 3.8) is 0 Å². The van der Waals surface area contributed by atoms with E-state index in [0.717, 1.165) is 23.2 Å². The van der Waals surface area contributed by atoms with E-state index < -0.39 is 16.6 Å². The number of halogens is 1. The van der Waals surface area contributed by atoms with Crippen LogP contribution in [0.5, 0.6) is 11.5 Å². The van der Waals surface area contributed by atoms with Crippen molar-refractivity contribution in [3.8, 4) is 11.5 Å². The van der Waals surface area contributed by atoms with Gasteiger partial charge in [0.25, 0.3) is 0 Å². The van der Waals surface area contributed by atoms with E-state index in [-0.39, 0.29) is 10.1 Å². The summed E-state index contributed by atoms with van der Waals surface area (Å²) in [5.74, 6) is 1.81. The Kier molecular flexibility index (Phi) is 17.4. The van der Waals surface area contributed by atoms with Crippen LogP contribution in [0.25, 0.3) is 0 Å². The van der Waals surface area contributed by atoms with Gasteiger partial charge in [0, 0.05) is 10.9 Å². The van der Waals surface area contributed by atoms with Gasteiger partial charge in [-0.15, -0.1) is 13.2 Å². The van der Waals surface area contributed by atoms with E-state index in [1.54, 1.807) is 20.3 Å². The molecule has 7 heteroatoms. The first-order chi connectivity index (χ1) is 18.9. The Hall–Kier alpha value is -1.65. The zero-order chi connectivity index (χ0) is 31.9. The second-order valence-corrected chi connectivity index (χ2v) is 23.2. The summed E-state index contributed by atoms with van der Waals surface area (Å²) in [6, 6.07) is 14.2. The minimum absolute atomic E-state index is 0.227. The monoisotopic (exact) mass is 664 g/mol. The minimum atomic E-state index is -1.73. The summed E-state index contributed by atoms with van der Waals surface area (Å²) in [5, 5.41) is 1.38. The first-order valence-corrected chi connectivity index (χ1v) is 21.2. The van der Waals surface area contributed by atoms with Gasteiger partial charge in [-0.05, 0) is 72.0 Å². The van der Waals surface area contributed by atoms with E-state index >= 15 is 0 Å². The lowest BCUT2D eigenvalue weighted by atomic mass is 10.0. The summed E-state index contributed by atoms with van der Waals surface area (Å²) < 4.78 is 23.1. The molecule has 0 bridgehead atoms. The largest absolute Gasteiger partial charge is 0.497 e. The zero-order valence-corrected chi connectivity index (χ0v) is 31.5. The maximum Gasteiger partial charge on any atom is 0.192 e. The Bertz CT molecular complexity index is 1050. The normalized spacial score (nSPS) is 11.8. The first-order valence-electron chi connectivity index (χ1n) is 14.2. The van der Waals surface area contributed by atoms with Gasteiger partial charge in [-0.2, -0.15) is 0 Å². The van der Waals surface area contributed by atoms with Gasteiger partial charge in [0.15, 0.2) is 16.6 Å². The van der Waals surface area contributed by atoms with E-state index in [2.05, 4.69) is 109 Å². The van der Waals surface area contributed by atoms with Crippen LogP contribution >= 0.6 is 15.9 Å². The Morgan fingerprint density at radius 1 is 0.756 bits per heavy atom. The van der Waals surface area contributed by atoms with Crippen LogP contribution in [0.2, 0.25) is 36.3 Å². The molecule has 0 aliphatic carbocycles. The first kappa shape index (κ1) is 39.4. The minimum Gasteiger partial charge on any atom is -0.497 e. The van der Waals surface area contributed by atoms with E-state index in [9.17, 15) is 0 Å². The highest BCUT2D eigenvalue weighted by molar-refractivity contribution is 9.09. The quantitative estimate of drug-likeness (QED) is 0.136. The molecule has 0 aliphatic rings.